The maximum atomic E-state index is 13.6. The molecule has 6 nitrogen and oxygen atoms in total. The minimum Gasteiger partial charge on any atom is -0.478 e. The Labute approximate surface area is 141 Å². The number of rotatable bonds is 7. The van der Waals surface area contributed by atoms with Crippen LogP contribution in [0, 0.1) is 5.82 Å². The maximum Gasteiger partial charge on any atom is 0.277 e. The number of thioether (sulfide) groups is 1. The highest BCUT2D eigenvalue weighted by Crippen LogP contribution is 2.25. The van der Waals surface area contributed by atoms with Gasteiger partial charge >= 0.3 is 0 Å². The number of aromatic nitrogens is 3. The number of ketones is 1. The second kappa shape index (κ2) is 7.31. The molecule has 1 N–H and O–H groups in total. The summed E-state index contributed by atoms with van der Waals surface area (Å²) in [6.45, 7) is 1.68. The summed E-state index contributed by atoms with van der Waals surface area (Å²) < 4.78 is 24.5. The molecule has 0 saturated heterocycles. The summed E-state index contributed by atoms with van der Waals surface area (Å²) in [7, 11) is 0. The molecule has 3 rings (SSSR count). The van der Waals surface area contributed by atoms with Gasteiger partial charge in [0.1, 0.15) is 0 Å². The molecular formula is C16H14FN3O3S. The summed E-state index contributed by atoms with van der Waals surface area (Å²) in [6, 6.07) is 9.54. The number of Topliss-reactive ketones (excluding diaryl/α,β-unsaturated/α-hetero) is 1. The van der Waals surface area contributed by atoms with Gasteiger partial charge in [-0.25, -0.2) is 4.39 Å². The van der Waals surface area contributed by atoms with Crippen molar-refractivity contribution in [1.82, 2.24) is 15.2 Å². The third kappa shape index (κ3) is 3.83. The molecule has 3 aromatic rings. The molecule has 0 radical (unpaired) electrons. The number of hydrogen-bond acceptors (Lipinski definition) is 6. The fraction of sp³-hybridized carbons (Fsp3) is 0.188. The van der Waals surface area contributed by atoms with Gasteiger partial charge in [-0.1, -0.05) is 23.9 Å². The van der Waals surface area contributed by atoms with Crippen LogP contribution in [0.3, 0.4) is 0 Å². The van der Waals surface area contributed by atoms with Crippen LogP contribution in [0.1, 0.15) is 29.4 Å². The molecule has 8 heteroatoms. The molecule has 0 aliphatic carbocycles. The highest BCUT2D eigenvalue weighted by Gasteiger charge is 2.18. The quantitative estimate of drug-likeness (QED) is 0.519. The number of H-pyrrole nitrogens is 1. The lowest BCUT2D eigenvalue weighted by Crippen LogP contribution is -2.04. The monoisotopic (exact) mass is 347 g/mol. The van der Waals surface area contributed by atoms with Gasteiger partial charge in [0.25, 0.3) is 11.1 Å². The van der Waals surface area contributed by atoms with Crippen LogP contribution in [-0.4, -0.2) is 26.7 Å². The molecule has 0 amide bonds. The van der Waals surface area contributed by atoms with Gasteiger partial charge in [-0.2, -0.15) is 0 Å². The third-order valence-electron chi connectivity index (χ3n) is 3.14. The van der Waals surface area contributed by atoms with E-state index in [0.717, 1.165) is 11.8 Å². The predicted molar refractivity (Wildman–Crippen MR) is 85.6 cm³/mol. The van der Waals surface area contributed by atoms with Crippen molar-refractivity contribution in [2.75, 3.05) is 5.75 Å². The van der Waals surface area contributed by atoms with E-state index in [1.54, 1.807) is 37.4 Å². The fourth-order valence-corrected chi connectivity index (χ4v) is 2.59. The van der Waals surface area contributed by atoms with Gasteiger partial charge in [0.05, 0.1) is 11.4 Å². The van der Waals surface area contributed by atoms with Gasteiger partial charge in [-0.05, 0) is 31.2 Å². The largest absolute Gasteiger partial charge is 0.478 e. The average Bonchev–Trinajstić information content (AvgIpc) is 3.26. The number of halogens is 1. The molecule has 124 valence electrons. The van der Waals surface area contributed by atoms with Crippen molar-refractivity contribution in [2.45, 2.75) is 18.3 Å². The zero-order chi connectivity index (χ0) is 16.9. The molecule has 0 spiro atoms. The number of nitrogens with zero attached hydrogens (tertiary/aromatic N) is 2. The van der Waals surface area contributed by atoms with E-state index in [-0.39, 0.29) is 28.4 Å². The van der Waals surface area contributed by atoms with Crippen molar-refractivity contribution in [1.29, 1.82) is 0 Å². The number of aromatic amines is 1. The highest BCUT2D eigenvalue weighted by atomic mass is 32.2. The number of benzene rings is 1. The van der Waals surface area contributed by atoms with E-state index < -0.39 is 11.9 Å². The predicted octanol–water partition coefficient (Wildman–Crippen LogP) is 3.65. The maximum absolute atomic E-state index is 13.6. The SMILES string of the molecule is C[C@H](Oc1ccccc1F)c1nnc(SCC(=O)c2ccc[nH]2)o1. The Morgan fingerprint density at radius 3 is 2.92 bits per heavy atom. The van der Waals surface area contributed by atoms with E-state index in [0.29, 0.717) is 5.69 Å². The van der Waals surface area contributed by atoms with Gasteiger partial charge in [-0.3, -0.25) is 4.79 Å². The lowest BCUT2D eigenvalue weighted by molar-refractivity contribution is 0.101. The highest BCUT2D eigenvalue weighted by molar-refractivity contribution is 7.99. The molecule has 1 atom stereocenters. The lowest BCUT2D eigenvalue weighted by Gasteiger charge is -2.11. The van der Waals surface area contributed by atoms with Crippen LogP contribution in [0.2, 0.25) is 0 Å². The molecule has 0 bridgehead atoms. The molecule has 2 aromatic heterocycles. The summed E-state index contributed by atoms with van der Waals surface area (Å²) in [5, 5.41) is 8.00. The minimum absolute atomic E-state index is 0.0691. The van der Waals surface area contributed by atoms with Crippen molar-refractivity contribution in [3.8, 4) is 5.75 Å². The smallest absolute Gasteiger partial charge is 0.277 e. The van der Waals surface area contributed by atoms with E-state index in [1.807, 2.05) is 0 Å². The first-order chi connectivity index (χ1) is 11.6. The number of para-hydroxylation sites is 1. The minimum atomic E-state index is -0.608. The van der Waals surface area contributed by atoms with Crippen LogP contribution >= 0.6 is 11.8 Å². The van der Waals surface area contributed by atoms with Gasteiger partial charge in [-0.15, -0.1) is 10.2 Å². The number of nitrogens with one attached hydrogen (secondary N) is 1. The summed E-state index contributed by atoms with van der Waals surface area (Å²) in [5.41, 5.74) is 0.526. The van der Waals surface area contributed by atoms with E-state index in [1.165, 1.54) is 12.1 Å². The number of carbonyl (C=O) groups is 1. The van der Waals surface area contributed by atoms with Crippen LogP contribution in [0.15, 0.2) is 52.2 Å². The average molecular weight is 347 g/mol. The second-order valence-corrected chi connectivity index (χ2v) is 5.82. The van der Waals surface area contributed by atoms with E-state index in [9.17, 15) is 9.18 Å². The number of ether oxygens (including phenoxy) is 1. The first-order valence-electron chi connectivity index (χ1n) is 7.17. The van der Waals surface area contributed by atoms with Gasteiger partial charge in [0, 0.05) is 6.20 Å². The van der Waals surface area contributed by atoms with Crippen molar-refractivity contribution in [2.24, 2.45) is 0 Å². The van der Waals surface area contributed by atoms with Crippen LogP contribution in [-0.2, 0) is 0 Å². The Balaban J connectivity index is 1.58. The Kier molecular flexibility index (Phi) is 4.95. The fourth-order valence-electron chi connectivity index (χ4n) is 1.93. The van der Waals surface area contributed by atoms with E-state index in [2.05, 4.69) is 15.2 Å². The first-order valence-corrected chi connectivity index (χ1v) is 8.16. The Morgan fingerprint density at radius 2 is 2.17 bits per heavy atom. The van der Waals surface area contributed by atoms with Gasteiger partial charge in [0.15, 0.2) is 23.5 Å². The molecule has 0 aliphatic heterocycles. The molecule has 2 heterocycles. The van der Waals surface area contributed by atoms with E-state index in [4.69, 9.17) is 9.15 Å². The zero-order valence-electron chi connectivity index (χ0n) is 12.7. The number of hydrogen-bond donors (Lipinski definition) is 1. The Bertz CT molecular complexity index is 820. The second-order valence-electron chi connectivity index (χ2n) is 4.89. The molecule has 0 aliphatic rings. The van der Waals surface area contributed by atoms with Crippen molar-refractivity contribution in [3.63, 3.8) is 0 Å². The third-order valence-corrected chi connectivity index (χ3v) is 3.95. The Hall–Kier alpha value is -2.61. The van der Waals surface area contributed by atoms with Crippen molar-refractivity contribution in [3.05, 3.63) is 60.0 Å². The molecule has 0 unspecified atom stereocenters. The normalized spacial score (nSPS) is 12.1. The first kappa shape index (κ1) is 16.3. The summed E-state index contributed by atoms with van der Waals surface area (Å²) in [5.74, 6) is -0.0344. The standard InChI is InChI=1S/C16H14FN3O3S/c1-10(22-14-7-3-2-5-11(14)17)15-19-20-16(23-15)24-9-13(21)12-6-4-8-18-12/h2-8,10,18H,9H2,1H3/t10-/m0/s1. The Morgan fingerprint density at radius 1 is 1.33 bits per heavy atom. The van der Waals surface area contributed by atoms with Crippen LogP contribution < -0.4 is 4.74 Å². The summed E-state index contributed by atoms with van der Waals surface area (Å²) in [4.78, 5) is 14.7. The van der Waals surface area contributed by atoms with Crippen molar-refractivity contribution >= 4 is 17.5 Å². The van der Waals surface area contributed by atoms with Crippen molar-refractivity contribution < 1.29 is 18.3 Å². The van der Waals surface area contributed by atoms with Crippen LogP contribution in [0.5, 0.6) is 5.75 Å². The van der Waals surface area contributed by atoms with Gasteiger partial charge < -0.3 is 14.1 Å². The lowest BCUT2D eigenvalue weighted by atomic mass is 10.3. The zero-order valence-corrected chi connectivity index (χ0v) is 13.5. The summed E-state index contributed by atoms with van der Waals surface area (Å²) >= 11 is 1.14. The molecule has 1 aromatic carbocycles. The van der Waals surface area contributed by atoms with Crippen LogP contribution in [0.4, 0.5) is 4.39 Å². The summed E-state index contributed by atoms with van der Waals surface area (Å²) in [6.07, 6.45) is 1.08. The molecule has 0 fully saturated rings. The topological polar surface area (TPSA) is 81.0 Å². The molecule has 0 saturated carbocycles. The molecule has 24 heavy (non-hydrogen) atoms. The number of carbonyl (C=O) groups excluding carboxylic acids is 1. The van der Waals surface area contributed by atoms with E-state index >= 15 is 0 Å². The molecular weight excluding hydrogens is 333 g/mol. The van der Waals surface area contributed by atoms with Gasteiger partial charge in [0.2, 0.25) is 0 Å². The van der Waals surface area contributed by atoms with Crippen LogP contribution in [0.25, 0.3) is 0 Å².